The van der Waals surface area contributed by atoms with Crippen molar-refractivity contribution >= 4 is 23.8 Å². The molecule has 0 aromatic carbocycles. The van der Waals surface area contributed by atoms with Crippen molar-refractivity contribution in [2.24, 2.45) is 17.3 Å². The molecule has 4 amide bonds. The molecule has 2 atom stereocenters. The highest BCUT2D eigenvalue weighted by Gasteiger charge is 2.61. The van der Waals surface area contributed by atoms with E-state index in [1.54, 1.807) is 0 Å². The Morgan fingerprint density at radius 1 is 1.07 bits per heavy atom. The molecule has 4 aliphatic rings. The van der Waals surface area contributed by atoms with Gasteiger partial charge in [0.1, 0.15) is 0 Å². The molecule has 9 heteroatoms. The third-order valence-corrected chi connectivity index (χ3v) is 6.11. The fourth-order valence-electron chi connectivity index (χ4n) is 5.78. The van der Waals surface area contributed by atoms with Gasteiger partial charge in [0, 0.05) is 26.1 Å². The van der Waals surface area contributed by atoms with Gasteiger partial charge in [-0.2, -0.15) is 0 Å². The van der Waals surface area contributed by atoms with Crippen LogP contribution in [0.15, 0.2) is 0 Å². The molecule has 0 radical (unpaired) electrons. The van der Waals surface area contributed by atoms with Crippen LogP contribution in [0.4, 0.5) is 4.79 Å². The summed E-state index contributed by atoms with van der Waals surface area (Å²) in [6.45, 7) is 1.61. The number of methoxy groups -OCH3 is 1. The number of urea groups is 1. The second-order valence-corrected chi connectivity index (χ2v) is 8.58. The van der Waals surface area contributed by atoms with Gasteiger partial charge in [-0.3, -0.25) is 19.7 Å². The molecule has 3 N–H and O–H groups in total. The quantitative estimate of drug-likeness (QED) is 0.426. The van der Waals surface area contributed by atoms with Crippen molar-refractivity contribution in [3.63, 3.8) is 0 Å². The van der Waals surface area contributed by atoms with Gasteiger partial charge in [0.15, 0.2) is 6.61 Å². The number of hydrogen-bond donors (Lipinski definition) is 3. The van der Waals surface area contributed by atoms with Crippen molar-refractivity contribution < 1.29 is 28.7 Å². The first-order chi connectivity index (χ1) is 13.3. The molecule has 0 aromatic rings. The summed E-state index contributed by atoms with van der Waals surface area (Å²) in [5.41, 5.74) is -0.980. The largest absolute Gasteiger partial charge is 0.455 e. The molecule has 28 heavy (non-hydrogen) atoms. The maximum Gasteiger partial charge on any atom is 0.321 e. The molecule has 156 valence electrons. The van der Waals surface area contributed by atoms with Crippen molar-refractivity contribution in [1.29, 1.82) is 0 Å². The van der Waals surface area contributed by atoms with Crippen LogP contribution in [0.25, 0.3) is 0 Å². The zero-order valence-corrected chi connectivity index (χ0v) is 16.5. The number of ether oxygens (including phenoxy) is 2. The first kappa shape index (κ1) is 20.6. The highest BCUT2D eigenvalue weighted by Crippen LogP contribution is 2.62. The summed E-state index contributed by atoms with van der Waals surface area (Å²) in [7, 11) is 1.50. The summed E-state index contributed by atoms with van der Waals surface area (Å²) in [6.07, 6.45) is 4.93. The average Bonchev–Trinajstić information content (AvgIpc) is 2.57. The number of hydrogen-bond acceptors (Lipinski definition) is 6. The van der Waals surface area contributed by atoms with Crippen LogP contribution in [0.5, 0.6) is 0 Å². The van der Waals surface area contributed by atoms with Crippen molar-refractivity contribution in [3.05, 3.63) is 0 Å². The molecule has 9 nitrogen and oxygen atoms in total. The maximum absolute atomic E-state index is 12.9. The molecule has 0 heterocycles. The predicted octanol–water partition coefficient (Wildman–Crippen LogP) is 0.477. The lowest BCUT2D eigenvalue weighted by molar-refractivity contribution is -0.177. The monoisotopic (exact) mass is 395 g/mol. The highest BCUT2D eigenvalue weighted by atomic mass is 16.5. The SMILES string of the molecule is COCCNC(=O)NC(=O)COC(=O)C12C[C@@H]3C[C@H](CC(NC(C)=O)(C3)C1)C2. The molecule has 0 aromatic heterocycles. The van der Waals surface area contributed by atoms with E-state index in [1.165, 1.54) is 14.0 Å². The van der Waals surface area contributed by atoms with Crippen molar-refractivity contribution in [3.8, 4) is 0 Å². The van der Waals surface area contributed by atoms with Crippen molar-refractivity contribution in [2.75, 3.05) is 26.9 Å². The number of imide groups is 1. The minimum absolute atomic E-state index is 0.0793. The van der Waals surface area contributed by atoms with Crippen LogP contribution in [0.1, 0.15) is 45.4 Å². The Morgan fingerprint density at radius 3 is 2.36 bits per heavy atom. The number of carbonyl (C=O) groups is 4. The van der Waals surface area contributed by atoms with E-state index in [0.717, 1.165) is 32.1 Å². The molecular formula is C19H29N3O6. The number of nitrogens with one attached hydrogen (secondary N) is 3. The lowest BCUT2D eigenvalue weighted by Crippen LogP contribution is -2.64. The van der Waals surface area contributed by atoms with Crippen LogP contribution >= 0.6 is 0 Å². The molecule has 4 bridgehead atoms. The van der Waals surface area contributed by atoms with E-state index in [4.69, 9.17) is 9.47 Å². The number of amides is 4. The van der Waals surface area contributed by atoms with Crippen LogP contribution in [-0.4, -0.2) is 56.2 Å². The fraction of sp³-hybridized carbons (Fsp3) is 0.789. The van der Waals surface area contributed by atoms with E-state index < -0.39 is 29.9 Å². The number of rotatable bonds is 7. The number of carbonyl (C=O) groups excluding carboxylic acids is 4. The first-order valence-electron chi connectivity index (χ1n) is 9.78. The van der Waals surface area contributed by atoms with E-state index in [0.29, 0.717) is 24.9 Å². The van der Waals surface area contributed by atoms with Crippen LogP contribution in [0, 0.1) is 17.3 Å². The predicted molar refractivity (Wildman–Crippen MR) is 98.0 cm³/mol. The Hall–Kier alpha value is -2.16. The minimum atomic E-state index is -0.676. The second-order valence-electron chi connectivity index (χ2n) is 8.58. The summed E-state index contributed by atoms with van der Waals surface area (Å²) < 4.78 is 10.1. The lowest BCUT2D eigenvalue weighted by atomic mass is 9.47. The van der Waals surface area contributed by atoms with Gasteiger partial charge in [0.25, 0.3) is 5.91 Å². The lowest BCUT2D eigenvalue weighted by Gasteiger charge is -2.60. The molecule has 4 rings (SSSR count). The van der Waals surface area contributed by atoms with E-state index in [-0.39, 0.29) is 18.0 Å². The Labute approximate surface area is 164 Å². The molecule has 0 unspecified atom stereocenters. The standard InChI is InChI=1S/C19H29N3O6/c1-12(23)22-19-8-13-5-14(9-19)7-18(6-13,11-19)16(25)28-10-15(24)21-17(26)20-3-4-27-2/h13-14H,3-11H2,1-2H3,(H,22,23)(H2,20,21,24,26)/t13-,14-,18?,19?/m0/s1. The fourth-order valence-corrected chi connectivity index (χ4v) is 5.78. The van der Waals surface area contributed by atoms with E-state index in [2.05, 4.69) is 16.0 Å². The van der Waals surface area contributed by atoms with Gasteiger partial charge in [0.2, 0.25) is 5.91 Å². The van der Waals surface area contributed by atoms with Crippen molar-refractivity contribution in [2.45, 2.75) is 51.0 Å². The third kappa shape index (κ3) is 4.45. The van der Waals surface area contributed by atoms with Crippen LogP contribution < -0.4 is 16.0 Å². The van der Waals surface area contributed by atoms with Crippen molar-refractivity contribution in [1.82, 2.24) is 16.0 Å². The summed E-state index contributed by atoms with van der Waals surface area (Å²) in [6, 6.07) is -0.655. The molecule has 4 fully saturated rings. The maximum atomic E-state index is 12.9. The topological polar surface area (TPSA) is 123 Å². The summed E-state index contributed by atoms with van der Waals surface area (Å²) in [5, 5.41) is 7.67. The van der Waals surface area contributed by atoms with Crippen LogP contribution in [0.2, 0.25) is 0 Å². The highest BCUT2D eigenvalue weighted by molar-refractivity contribution is 5.95. The van der Waals surface area contributed by atoms with Gasteiger partial charge >= 0.3 is 12.0 Å². The number of esters is 1. The van der Waals surface area contributed by atoms with Gasteiger partial charge in [-0.1, -0.05) is 0 Å². The summed E-state index contributed by atoms with van der Waals surface area (Å²) in [4.78, 5) is 48.0. The Kier molecular flexibility index (Phi) is 5.92. The first-order valence-corrected chi connectivity index (χ1v) is 9.78. The summed E-state index contributed by atoms with van der Waals surface area (Å²) in [5.74, 6) is -0.373. The smallest absolute Gasteiger partial charge is 0.321 e. The van der Waals surface area contributed by atoms with Gasteiger partial charge in [0.05, 0.1) is 12.0 Å². The van der Waals surface area contributed by atoms with E-state index in [1.807, 2.05) is 0 Å². The Bertz CT molecular complexity index is 650. The molecule has 4 aliphatic carbocycles. The van der Waals surface area contributed by atoms with Gasteiger partial charge in [-0.15, -0.1) is 0 Å². The minimum Gasteiger partial charge on any atom is -0.455 e. The molecule has 0 saturated heterocycles. The van der Waals surface area contributed by atoms with E-state index in [9.17, 15) is 19.2 Å². The zero-order chi connectivity index (χ0) is 20.4. The van der Waals surface area contributed by atoms with Gasteiger partial charge in [-0.05, 0) is 50.4 Å². The summed E-state index contributed by atoms with van der Waals surface area (Å²) >= 11 is 0. The van der Waals surface area contributed by atoms with E-state index >= 15 is 0 Å². The van der Waals surface area contributed by atoms with Crippen LogP contribution in [-0.2, 0) is 23.9 Å². The Morgan fingerprint density at radius 2 is 1.75 bits per heavy atom. The molecule has 4 saturated carbocycles. The average molecular weight is 395 g/mol. The van der Waals surface area contributed by atoms with Gasteiger partial charge < -0.3 is 20.1 Å². The Balaban J connectivity index is 1.55. The molecule has 0 spiro atoms. The van der Waals surface area contributed by atoms with Crippen LogP contribution in [0.3, 0.4) is 0 Å². The van der Waals surface area contributed by atoms with Gasteiger partial charge in [-0.25, -0.2) is 4.79 Å². The molecule has 0 aliphatic heterocycles. The second kappa shape index (κ2) is 8.06. The molecular weight excluding hydrogens is 366 g/mol. The third-order valence-electron chi connectivity index (χ3n) is 6.11. The normalized spacial score (nSPS) is 32.5. The zero-order valence-electron chi connectivity index (χ0n) is 16.5.